The summed E-state index contributed by atoms with van der Waals surface area (Å²) in [5.41, 5.74) is -1.04. The monoisotopic (exact) mass is 313 g/mol. The Kier molecular flexibility index (Phi) is 4.67. The predicted octanol–water partition coefficient (Wildman–Crippen LogP) is 0.396. The second kappa shape index (κ2) is 6.04. The van der Waals surface area contributed by atoms with Crippen molar-refractivity contribution < 1.29 is 19.1 Å². The fraction of sp³-hybridized carbons (Fsp3) is 0.867. The number of carbonyl (C=O) groups excluding carboxylic acids is 2. The summed E-state index contributed by atoms with van der Waals surface area (Å²) in [6, 6.07) is 0. The molecule has 2 saturated heterocycles. The van der Waals surface area contributed by atoms with Gasteiger partial charge in [0.15, 0.2) is 0 Å². The summed E-state index contributed by atoms with van der Waals surface area (Å²) in [6.07, 6.45) is -0.287. The molecule has 0 aromatic heterocycles. The van der Waals surface area contributed by atoms with E-state index < -0.39 is 11.1 Å². The number of nitrogens with zero attached hydrogens (tertiary/aromatic N) is 3. The zero-order valence-electron chi connectivity index (χ0n) is 14.2. The Morgan fingerprint density at radius 2 is 1.64 bits per heavy atom. The highest BCUT2D eigenvalue weighted by Crippen LogP contribution is 2.28. The number of hydrogen-bond acceptors (Lipinski definition) is 5. The molecule has 0 bridgehead atoms. The SMILES string of the molecule is CN(C)C(=O)C1(N2CCN(C(=O)OC(C)(C)C)CC2)COC1. The lowest BCUT2D eigenvalue weighted by molar-refractivity contribution is -0.181. The van der Waals surface area contributed by atoms with Crippen LogP contribution >= 0.6 is 0 Å². The van der Waals surface area contributed by atoms with Crippen molar-refractivity contribution in [1.82, 2.24) is 14.7 Å². The molecule has 0 unspecified atom stereocenters. The molecule has 0 atom stereocenters. The summed E-state index contributed by atoms with van der Waals surface area (Å²) in [5.74, 6) is 0.0736. The Balaban J connectivity index is 1.94. The number of hydrogen-bond donors (Lipinski definition) is 0. The molecule has 0 radical (unpaired) electrons. The van der Waals surface area contributed by atoms with E-state index in [1.807, 2.05) is 20.8 Å². The largest absolute Gasteiger partial charge is 0.444 e. The van der Waals surface area contributed by atoms with Gasteiger partial charge < -0.3 is 19.3 Å². The standard InChI is InChI=1S/C15H27N3O4/c1-14(2,3)22-13(20)17-6-8-18(9-7-17)15(10-21-11-15)12(19)16(4)5/h6-11H2,1-5H3. The first kappa shape index (κ1) is 17.0. The van der Waals surface area contributed by atoms with E-state index in [-0.39, 0.29) is 12.0 Å². The third kappa shape index (κ3) is 3.35. The normalized spacial score (nSPS) is 22.0. The molecule has 2 aliphatic heterocycles. The quantitative estimate of drug-likeness (QED) is 0.738. The van der Waals surface area contributed by atoms with Gasteiger partial charge in [0, 0.05) is 40.3 Å². The van der Waals surface area contributed by atoms with Gasteiger partial charge in [0.1, 0.15) is 11.1 Å². The molecule has 7 heteroatoms. The minimum Gasteiger partial charge on any atom is -0.444 e. The van der Waals surface area contributed by atoms with Crippen molar-refractivity contribution in [1.29, 1.82) is 0 Å². The molecule has 7 nitrogen and oxygen atoms in total. The Hall–Kier alpha value is -1.34. The van der Waals surface area contributed by atoms with E-state index in [0.29, 0.717) is 39.4 Å². The molecule has 0 aliphatic carbocycles. The van der Waals surface area contributed by atoms with Crippen molar-refractivity contribution in [3.05, 3.63) is 0 Å². The lowest BCUT2D eigenvalue weighted by Crippen LogP contribution is -2.72. The highest BCUT2D eigenvalue weighted by molar-refractivity contribution is 5.87. The summed E-state index contributed by atoms with van der Waals surface area (Å²) in [5, 5.41) is 0. The number of likely N-dealkylation sites (N-methyl/N-ethyl adjacent to an activating group) is 1. The summed E-state index contributed by atoms with van der Waals surface area (Å²) in [6.45, 7) is 8.87. The lowest BCUT2D eigenvalue weighted by Gasteiger charge is -2.51. The van der Waals surface area contributed by atoms with Crippen LogP contribution in [0.15, 0.2) is 0 Å². The van der Waals surface area contributed by atoms with E-state index in [1.165, 1.54) is 0 Å². The van der Waals surface area contributed by atoms with Crippen molar-refractivity contribution in [3.63, 3.8) is 0 Å². The molecule has 2 heterocycles. The Bertz CT molecular complexity index is 433. The van der Waals surface area contributed by atoms with E-state index in [0.717, 1.165) is 0 Å². The maximum Gasteiger partial charge on any atom is 0.410 e. The minimum atomic E-state index is -0.552. The van der Waals surface area contributed by atoms with Crippen LogP contribution in [0.25, 0.3) is 0 Å². The molecule has 22 heavy (non-hydrogen) atoms. The van der Waals surface area contributed by atoms with Gasteiger partial charge >= 0.3 is 6.09 Å². The van der Waals surface area contributed by atoms with E-state index in [9.17, 15) is 9.59 Å². The molecular weight excluding hydrogens is 286 g/mol. The van der Waals surface area contributed by atoms with Gasteiger partial charge in [-0.1, -0.05) is 0 Å². The molecule has 0 aromatic rings. The fourth-order valence-corrected chi connectivity index (χ4v) is 2.80. The van der Waals surface area contributed by atoms with Gasteiger partial charge in [0.05, 0.1) is 13.2 Å². The molecule has 2 amide bonds. The van der Waals surface area contributed by atoms with Gasteiger partial charge in [0.2, 0.25) is 5.91 Å². The molecule has 2 aliphatic rings. The van der Waals surface area contributed by atoms with E-state index >= 15 is 0 Å². The van der Waals surface area contributed by atoms with Crippen LogP contribution in [0.4, 0.5) is 4.79 Å². The van der Waals surface area contributed by atoms with Gasteiger partial charge in [0.25, 0.3) is 0 Å². The first-order chi connectivity index (χ1) is 10.2. The van der Waals surface area contributed by atoms with E-state index in [4.69, 9.17) is 9.47 Å². The Morgan fingerprint density at radius 3 is 2.00 bits per heavy atom. The van der Waals surface area contributed by atoms with Crippen molar-refractivity contribution in [3.8, 4) is 0 Å². The topological polar surface area (TPSA) is 62.3 Å². The molecule has 0 spiro atoms. The average molecular weight is 313 g/mol. The predicted molar refractivity (Wildman–Crippen MR) is 81.6 cm³/mol. The summed E-state index contributed by atoms with van der Waals surface area (Å²) in [7, 11) is 3.53. The second-order valence-corrected chi connectivity index (χ2v) is 7.18. The van der Waals surface area contributed by atoms with Crippen LogP contribution in [-0.2, 0) is 14.3 Å². The molecule has 0 aromatic carbocycles. The lowest BCUT2D eigenvalue weighted by atomic mass is 9.92. The van der Waals surface area contributed by atoms with Crippen LogP contribution < -0.4 is 0 Å². The number of rotatable bonds is 2. The molecule has 0 N–H and O–H groups in total. The number of amides is 2. The zero-order chi connectivity index (χ0) is 16.5. The minimum absolute atomic E-state index is 0.0736. The third-order valence-corrected chi connectivity index (χ3v) is 4.02. The highest BCUT2D eigenvalue weighted by Gasteiger charge is 2.52. The van der Waals surface area contributed by atoms with Gasteiger partial charge in [-0.25, -0.2) is 4.79 Å². The van der Waals surface area contributed by atoms with Crippen molar-refractivity contribution in [2.75, 3.05) is 53.5 Å². The smallest absolute Gasteiger partial charge is 0.410 e. The number of piperazine rings is 1. The summed E-state index contributed by atoms with van der Waals surface area (Å²) in [4.78, 5) is 30.0. The highest BCUT2D eigenvalue weighted by atomic mass is 16.6. The zero-order valence-corrected chi connectivity index (χ0v) is 14.2. The molecule has 126 valence electrons. The van der Waals surface area contributed by atoms with Crippen LogP contribution in [0.5, 0.6) is 0 Å². The first-order valence-corrected chi connectivity index (χ1v) is 7.68. The molecule has 0 saturated carbocycles. The van der Waals surface area contributed by atoms with Crippen LogP contribution in [-0.4, -0.2) is 91.3 Å². The van der Waals surface area contributed by atoms with Gasteiger partial charge in [-0.15, -0.1) is 0 Å². The Labute approximate surface area is 132 Å². The summed E-state index contributed by atoms with van der Waals surface area (Å²) < 4.78 is 10.7. The van der Waals surface area contributed by atoms with Crippen LogP contribution in [0.3, 0.4) is 0 Å². The van der Waals surface area contributed by atoms with E-state index in [2.05, 4.69) is 4.90 Å². The van der Waals surface area contributed by atoms with Crippen LogP contribution in [0, 0.1) is 0 Å². The van der Waals surface area contributed by atoms with Gasteiger partial charge in [-0.2, -0.15) is 0 Å². The average Bonchev–Trinajstić information content (AvgIpc) is 2.36. The summed E-state index contributed by atoms with van der Waals surface area (Å²) >= 11 is 0. The Morgan fingerprint density at radius 1 is 1.09 bits per heavy atom. The number of carbonyl (C=O) groups is 2. The maximum absolute atomic E-state index is 12.4. The molecule has 2 fully saturated rings. The second-order valence-electron chi connectivity index (χ2n) is 7.18. The first-order valence-electron chi connectivity index (χ1n) is 7.68. The van der Waals surface area contributed by atoms with Crippen LogP contribution in [0.1, 0.15) is 20.8 Å². The van der Waals surface area contributed by atoms with E-state index in [1.54, 1.807) is 23.9 Å². The van der Waals surface area contributed by atoms with Gasteiger partial charge in [-0.3, -0.25) is 9.69 Å². The van der Waals surface area contributed by atoms with Crippen molar-refractivity contribution in [2.24, 2.45) is 0 Å². The van der Waals surface area contributed by atoms with Crippen molar-refractivity contribution in [2.45, 2.75) is 31.9 Å². The van der Waals surface area contributed by atoms with Crippen LogP contribution in [0.2, 0.25) is 0 Å². The molecular formula is C15H27N3O4. The van der Waals surface area contributed by atoms with Gasteiger partial charge in [-0.05, 0) is 20.8 Å². The third-order valence-electron chi connectivity index (χ3n) is 4.02. The fourth-order valence-electron chi connectivity index (χ4n) is 2.80. The van der Waals surface area contributed by atoms with Crippen molar-refractivity contribution >= 4 is 12.0 Å². The number of ether oxygens (including phenoxy) is 2. The maximum atomic E-state index is 12.4. The molecule has 2 rings (SSSR count).